The van der Waals surface area contributed by atoms with Gasteiger partial charge in [-0.25, -0.2) is 0 Å². The van der Waals surface area contributed by atoms with Crippen molar-refractivity contribution in [3.8, 4) is 0 Å². The molecule has 5 heteroatoms. The molecule has 3 rings (SSSR count). The van der Waals surface area contributed by atoms with Crippen LogP contribution < -0.4 is 10.6 Å². The minimum atomic E-state index is -0.354. The highest BCUT2D eigenvalue weighted by Gasteiger charge is 2.32. The van der Waals surface area contributed by atoms with Crippen molar-refractivity contribution in [2.75, 3.05) is 5.32 Å². The SMILES string of the molecule is CC(NC1C(=O)Nc2ccc(Br)cc21)c1ccco1. The van der Waals surface area contributed by atoms with Gasteiger partial charge >= 0.3 is 0 Å². The Hall–Kier alpha value is -1.59. The van der Waals surface area contributed by atoms with E-state index in [-0.39, 0.29) is 18.0 Å². The Morgan fingerprint density at radius 2 is 2.26 bits per heavy atom. The molecule has 2 heterocycles. The zero-order valence-corrected chi connectivity index (χ0v) is 11.9. The third-order valence-electron chi connectivity index (χ3n) is 3.23. The van der Waals surface area contributed by atoms with E-state index in [9.17, 15) is 4.79 Å². The number of fused-ring (bicyclic) bond motifs is 1. The molecule has 0 saturated heterocycles. The molecule has 0 bridgehead atoms. The first-order valence-corrected chi connectivity index (χ1v) is 6.84. The second kappa shape index (κ2) is 4.83. The summed E-state index contributed by atoms with van der Waals surface area (Å²) in [6, 6.07) is 9.12. The smallest absolute Gasteiger partial charge is 0.246 e. The van der Waals surface area contributed by atoms with Gasteiger partial charge in [-0.3, -0.25) is 10.1 Å². The normalized spacial score (nSPS) is 19.1. The van der Waals surface area contributed by atoms with Crippen LogP contribution in [0.5, 0.6) is 0 Å². The van der Waals surface area contributed by atoms with E-state index in [0.717, 1.165) is 21.5 Å². The van der Waals surface area contributed by atoms with E-state index in [1.807, 2.05) is 37.3 Å². The van der Waals surface area contributed by atoms with E-state index < -0.39 is 0 Å². The summed E-state index contributed by atoms with van der Waals surface area (Å²) in [5.41, 5.74) is 1.81. The van der Waals surface area contributed by atoms with Crippen LogP contribution >= 0.6 is 15.9 Å². The summed E-state index contributed by atoms with van der Waals surface area (Å²) in [6.45, 7) is 1.97. The van der Waals surface area contributed by atoms with Crippen LogP contribution in [0.4, 0.5) is 5.69 Å². The summed E-state index contributed by atoms with van der Waals surface area (Å²) < 4.78 is 6.31. The summed E-state index contributed by atoms with van der Waals surface area (Å²) in [5, 5.41) is 6.16. The van der Waals surface area contributed by atoms with Crippen LogP contribution in [0.25, 0.3) is 0 Å². The number of carbonyl (C=O) groups excluding carboxylic acids is 1. The standard InChI is InChI=1S/C14H13BrN2O2/c1-8(12-3-2-6-19-12)16-13-10-7-9(15)4-5-11(10)17-14(13)18/h2-8,13,16H,1H3,(H,17,18). The van der Waals surface area contributed by atoms with E-state index >= 15 is 0 Å². The number of anilines is 1. The highest BCUT2D eigenvalue weighted by Crippen LogP contribution is 2.34. The number of rotatable bonds is 3. The molecular weight excluding hydrogens is 308 g/mol. The second-order valence-corrected chi connectivity index (χ2v) is 5.47. The molecule has 1 aliphatic heterocycles. The molecule has 0 spiro atoms. The Labute approximate surface area is 119 Å². The molecule has 2 aromatic rings. The fraction of sp³-hybridized carbons (Fsp3) is 0.214. The quantitative estimate of drug-likeness (QED) is 0.911. The van der Waals surface area contributed by atoms with Gasteiger partial charge in [-0.05, 0) is 37.3 Å². The summed E-state index contributed by atoms with van der Waals surface area (Å²) >= 11 is 3.43. The van der Waals surface area contributed by atoms with E-state index in [4.69, 9.17) is 4.42 Å². The predicted octanol–water partition coefficient (Wildman–Crippen LogP) is 3.39. The summed E-state index contributed by atoms with van der Waals surface area (Å²) in [4.78, 5) is 12.0. The molecular formula is C14H13BrN2O2. The maximum absolute atomic E-state index is 12.0. The maximum Gasteiger partial charge on any atom is 0.246 e. The van der Waals surface area contributed by atoms with E-state index in [2.05, 4.69) is 26.6 Å². The molecule has 19 heavy (non-hydrogen) atoms. The highest BCUT2D eigenvalue weighted by atomic mass is 79.9. The largest absolute Gasteiger partial charge is 0.468 e. The number of nitrogens with one attached hydrogen (secondary N) is 2. The van der Waals surface area contributed by atoms with Gasteiger partial charge in [0.2, 0.25) is 5.91 Å². The lowest BCUT2D eigenvalue weighted by molar-refractivity contribution is -0.117. The molecule has 1 aromatic heterocycles. The van der Waals surface area contributed by atoms with Crippen LogP contribution in [0.15, 0.2) is 45.5 Å². The van der Waals surface area contributed by atoms with E-state index in [1.54, 1.807) is 6.26 Å². The van der Waals surface area contributed by atoms with Crippen molar-refractivity contribution in [1.82, 2.24) is 5.32 Å². The van der Waals surface area contributed by atoms with Crippen LogP contribution in [-0.4, -0.2) is 5.91 Å². The van der Waals surface area contributed by atoms with Gasteiger partial charge in [0.25, 0.3) is 0 Å². The number of amides is 1. The number of furan rings is 1. The van der Waals surface area contributed by atoms with Crippen LogP contribution in [0, 0.1) is 0 Å². The minimum absolute atomic E-state index is 0.0318. The second-order valence-electron chi connectivity index (χ2n) is 4.56. The Morgan fingerprint density at radius 3 is 3.00 bits per heavy atom. The highest BCUT2D eigenvalue weighted by molar-refractivity contribution is 9.10. The van der Waals surface area contributed by atoms with Crippen molar-refractivity contribution in [1.29, 1.82) is 0 Å². The van der Waals surface area contributed by atoms with Crippen molar-refractivity contribution >= 4 is 27.5 Å². The van der Waals surface area contributed by atoms with Gasteiger partial charge in [0.1, 0.15) is 11.8 Å². The summed E-state index contributed by atoms with van der Waals surface area (Å²) in [5.74, 6) is 0.780. The molecule has 0 saturated carbocycles. The number of halogens is 1. The molecule has 2 unspecified atom stereocenters. The lowest BCUT2D eigenvalue weighted by atomic mass is 10.1. The average molecular weight is 321 g/mol. The monoisotopic (exact) mass is 320 g/mol. The first kappa shape index (κ1) is 12.4. The molecule has 2 N–H and O–H groups in total. The molecule has 1 aromatic carbocycles. The summed E-state index contributed by atoms with van der Waals surface area (Å²) in [7, 11) is 0. The fourth-order valence-corrected chi connectivity index (χ4v) is 2.65. The van der Waals surface area contributed by atoms with Gasteiger partial charge in [-0.1, -0.05) is 15.9 Å². The van der Waals surface area contributed by atoms with Gasteiger partial charge in [-0.2, -0.15) is 0 Å². The minimum Gasteiger partial charge on any atom is -0.468 e. The molecule has 4 nitrogen and oxygen atoms in total. The van der Waals surface area contributed by atoms with Gasteiger partial charge in [-0.15, -0.1) is 0 Å². The van der Waals surface area contributed by atoms with Gasteiger partial charge < -0.3 is 9.73 Å². The van der Waals surface area contributed by atoms with E-state index in [1.165, 1.54) is 0 Å². The fourth-order valence-electron chi connectivity index (χ4n) is 2.27. The lowest BCUT2D eigenvalue weighted by Crippen LogP contribution is -2.29. The van der Waals surface area contributed by atoms with Gasteiger partial charge in [0.15, 0.2) is 0 Å². The van der Waals surface area contributed by atoms with Crippen molar-refractivity contribution in [3.63, 3.8) is 0 Å². The van der Waals surface area contributed by atoms with E-state index in [0.29, 0.717) is 0 Å². The van der Waals surface area contributed by atoms with Crippen molar-refractivity contribution in [2.24, 2.45) is 0 Å². The first-order chi connectivity index (χ1) is 9.15. The van der Waals surface area contributed by atoms with Gasteiger partial charge in [0.05, 0.1) is 12.3 Å². The number of benzene rings is 1. The molecule has 98 valence electrons. The Balaban J connectivity index is 1.86. The van der Waals surface area contributed by atoms with Crippen molar-refractivity contribution in [2.45, 2.75) is 19.0 Å². The van der Waals surface area contributed by atoms with Crippen LogP contribution in [0.3, 0.4) is 0 Å². The zero-order chi connectivity index (χ0) is 13.4. The molecule has 2 atom stereocenters. The Bertz CT molecular complexity index is 610. The first-order valence-electron chi connectivity index (χ1n) is 6.05. The number of hydrogen-bond donors (Lipinski definition) is 2. The van der Waals surface area contributed by atoms with Crippen LogP contribution in [0.1, 0.15) is 30.3 Å². The number of carbonyl (C=O) groups is 1. The molecule has 0 radical (unpaired) electrons. The van der Waals surface area contributed by atoms with Crippen LogP contribution in [-0.2, 0) is 4.79 Å². The predicted molar refractivity (Wildman–Crippen MR) is 75.8 cm³/mol. The maximum atomic E-state index is 12.0. The zero-order valence-electron chi connectivity index (χ0n) is 10.3. The van der Waals surface area contributed by atoms with Crippen molar-refractivity contribution in [3.05, 3.63) is 52.4 Å². The molecule has 0 fully saturated rings. The van der Waals surface area contributed by atoms with Crippen LogP contribution in [0.2, 0.25) is 0 Å². The topological polar surface area (TPSA) is 54.3 Å². The lowest BCUT2D eigenvalue weighted by Gasteiger charge is -2.16. The third-order valence-corrected chi connectivity index (χ3v) is 3.72. The third kappa shape index (κ3) is 2.31. The molecule has 1 aliphatic rings. The molecule has 1 amide bonds. The Morgan fingerprint density at radius 1 is 1.42 bits per heavy atom. The summed E-state index contributed by atoms with van der Waals surface area (Å²) in [6.07, 6.45) is 1.63. The molecule has 0 aliphatic carbocycles. The van der Waals surface area contributed by atoms with Gasteiger partial charge in [0, 0.05) is 15.7 Å². The van der Waals surface area contributed by atoms with Crippen molar-refractivity contribution < 1.29 is 9.21 Å². The Kier molecular flexibility index (Phi) is 3.16. The average Bonchev–Trinajstić information content (AvgIpc) is 2.99. The number of hydrogen-bond acceptors (Lipinski definition) is 3.